The number of benzene rings is 4. The summed E-state index contributed by atoms with van der Waals surface area (Å²) in [5.41, 5.74) is 8.65. The maximum atomic E-state index is 12.7. The fourth-order valence-corrected chi connectivity index (χ4v) is 5.42. The summed E-state index contributed by atoms with van der Waals surface area (Å²) in [6.45, 7) is 4.74. The van der Waals surface area contributed by atoms with E-state index in [0.29, 0.717) is 40.9 Å². The van der Waals surface area contributed by atoms with Crippen LogP contribution in [0, 0.1) is 10.5 Å². The molecule has 4 aromatic carbocycles. The molecule has 0 bridgehead atoms. The molecule has 218 valence electrons. The smallest absolute Gasteiger partial charge is 0.271 e. The number of aryl methyl sites for hydroxylation is 1. The van der Waals surface area contributed by atoms with Crippen molar-refractivity contribution in [1.82, 2.24) is 10.4 Å². The van der Waals surface area contributed by atoms with Gasteiger partial charge in [-0.25, -0.2) is 10.4 Å². The third-order valence-electron chi connectivity index (χ3n) is 6.26. The van der Waals surface area contributed by atoms with Crippen molar-refractivity contribution in [3.8, 4) is 22.8 Å². The number of halogens is 2. The summed E-state index contributed by atoms with van der Waals surface area (Å²) in [6, 6.07) is 26.9. The molecule has 0 atom stereocenters. The van der Waals surface area contributed by atoms with E-state index in [9.17, 15) is 4.79 Å². The first-order chi connectivity index (χ1) is 20.9. The van der Waals surface area contributed by atoms with Crippen molar-refractivity contribution in [3.05, 3.63) is 121 Å². The lowest BCUT2D eigenvalue weighted by atomic mass is 10.1. The molecule has 1 heterocycles. The number of carbonyl (C=O) groups is 1. The Morgan fingerprint density at radius 2 is 1.77 bits per heavy atom. The van der Waals surface area contributed by atoms with E-state index in [0.717, 1.165) is 31.2 Å². The third kappa shape index (κ3) is 8.34. The second-order valence-corrected chi connectivity index (χ2v) is 12.0. The molecule has 0 aliphatic heterocycles. The molecule has 0 spiro atoms. The van der Waals surface area contributed by atoms with Crippen LogP contribution < -0.4 is 20.2 Å². The molecule has 0 fully saturated rings. The van der Waals surface area contributed by atoms with Gasteiger partial charge in [0.2, 0.25) is 0 Å². The molecular formula is C33H28ClIN4O3S. The predicted molar refractivity (Wildman–Crippen MR) is 183 cm³/mol. The first kappa shape index (κ1) is 30.5. The van der Waals surface area contributed by atoms with Crippen LogP contribution in [0.5, 0.6) is 11.5 Å². The zero-order chi connectivity index (χ0) is 30.2. The molecule has 10 heteroatoms. The van der Waals surface area contributed by atoms with Gasteiger partial charge in [0.05, 0.1) is 23.5 Å². The Kier molecular flexibility index (Phi) is 10.3. The molecular weight excluding hydrogens is 695 g/mol. The van der Waals surface area contributed by atoms with Gasteiger partial charge in [-0.05, 0) is 96.1 Å². The maximum Gasteiger partial charge on any atom is 0.271 e. The molecule has 0 aliphatic carbocycles. The molecule has 0 radical (unpaired) electrons. The number of hydrogen-bond acceptors (Lipinski definition) is 7. The highest BCUT2D eigenvalue weighted by molar-refractivity contribution is 14.1. The molecule has 5 rings (SSSR count). The van der Waals surface area contributed by atoms with Crippen LogP contribution in [0.1, 0.15) is 34.0 Å². The molecule has 5 aromatic rings. The van der Waals surface area contributed by atoms with E-state index < -0.39 is 0 Å². The Hall–Kier alpha value is -3.93. The highest BCUT2D eigenvalue weighted by Crippen LogP contribution is 2.37. The second kappa shape index (κ2) is 14.5. The first-order valence-electron chi connectivity index (χ1n) is 13.4. The summed E-state index contributed by atoms with van der Waals surface area (Å²) < 4.78 is 12.9. The van der Waals surface area contributed by atoms with Crippen LogP contribution in [0.2, 0.25) is 5.02 Å². The quantitative estimate of drug-likeness (QED) is 0.0809. The zero-order valence-corrected chi connectivity index (χ0v) is 27.2. The number of nitrogens with zero attached hydrogens (tertiary/aromatic N) is 2. The molecule has 1 amide bonds. The number of hydrazone groups is 1. The summed E-state index contributed by atoms with van der Waals surface area (Å²) >= 11 is 10.3. The van der Waals surface area contributed by atoms with E-state index in [-0.39, 0.29) is 5.91 Å². The summed E-state index contributed by atoms with van der Waals surface area (Å²) in [4.78, 5) is 17.4. The lowest BCUT2D eigenvalue weighted by Crippen LogP contribution is -2.17. The lowest BCUT2D eigenvalue weighted by molar-refractivity contribution is 0.0955. The Bertz CT molecular complexity index is 1720. The van der Waals surface area contributed by atoms with Crippen molar-refractivity contribution >= 4 is 68.5 Å². The zero-order valence-electron chi connectivity index (χ0n) is 23.4. The van der Waals surface area contributed by atoms with Crippen molar-refractivity contribution in [2.45, 2.75) is 20.5 Å². The van der Waals surface area contributed by atoms with Crippen molar-refractivity contribution in [1.29, 1.82) is 0 Å². The van der Waals surface area contributed by atoms with E-state index in [1.54, 1.807) is 24.3 Å². The van der Waals surface area contributed by atoms with Crippen LogP contribution >= 0.6 is 45.5 Å². The fraction of sp³-hybridized carbons (Fsp3) is 0.121. The largest absolute Gasteiger partial charge is 0.490 e. The number of amides is 1. The Labute approximate surface area is 273 Å². The molecule has 43 heavy (non-hydrogen) atoms. The van der Waals surface area contributed by atoms with Crippen LogP contribution in [0.3, 0.4) is 0 Å². The maximum absolute atomic E-state index is 12.7. The number of thiazole rings is 1. The van der Waals surface area contributed by atoms with Crippen molar-refractivity contribution in [3.63, 3.8) is 0 Å². The Balaban J connectivity index is 1.19. The van der Waals surface area contributed by atoms with Gasteiger partial charge in [-0.15, -0.1) is 11.3 Å². The predicted octanol–water partition coefficient (Wildman–Crippen LogP) is 8.86. The topological polar surface area (TPSA) is 84.8 Å². The molecule has 0 saturated carbocycles. The summed E-state index contributed by atoms with van der Waals surface area (Å²) in [6.07, 6.45) is 1.52. The minimum Gasteiger partial charge on any atom is -0.490 e. The van der Waals surface area contributed by atoms with Crippen molar-refractivity contribution in [2.24, 2.45) is 5.10 Å². The average Bonchev–Trinajstić information content (AvgIpc) is 3.47. The minimum absolute atomic E-state index is 0.337. The Morgan fingerprint density at radius 1 is 1.02 bits per heavy atom. The number of anilines is 2. The van der Waals surface area contributed by atoms with Gasteiger partial charge >= 0.3 is 0 Å². The Morgan fingerprint density at radius 3 is 2.49 bits per heavy atom. The minimum atomic E-state index is -0.337. The van der Waals surface area contributed by atoms with Gasteiger partial charge in [-0.2, -0.15) is 5.10 Å². The van der Waals surface area contributed by atoms with E-state index in [1.165, 1.54) is 23.1 Å². The average molecular weight is 723 g/mol. The number of hydrogen-bond donors (Lipinski definition) is 2. The van der Waals surface area contributed by atoms with Gasteiger partial charge in [0, 0.05) is 25.8 Å². The van der Waals surface area contributed by atoms with Crippen molar-refractivity contribution < 1.29 is 14.3 Å². The monoisotopic (exact) mass is 722 g/mol. The number of carbonyl (C=O) groups excluding carboxylic acids is 1. The molecule has 2 N–H and O–H groups in total. The van der Waals surface area contributed by atoms with Gasteiger partial charge in [-0.1, -0.05) is 53.6 Å². The van der Waals surface area contributed by atoms with Crippen LogP contribution in [0.4, 0.5) is 10.8 Å². The van der Waals surface area contributed by atoms with Crippen LogP contribution in [0.15, 0.2) is 95.4 Å². The molecule has 0 saturated heterocycles. The van der Waals surface area contributed by atoms with Crippen LogP contribution in [-0.4, -0.2) is 23.7 Å². The third-order valence-corrected chi connectivity index (χ3v) is 8.02. The van der Waals surface area contributed by atoms with Crippen molar-refractivity contribution in [2.75, 3.05) is 11.9 Å². The highest BCUT2D eigenvalue weighted by atomic mass is 127. The number of ether oxygens (including phenoxy) is 2. The summed E-state index contributed by atoms with van der Waals surface area (Å²) in [5, 5.41) is 10.6. The second-order valence-electron chi connectivity index (χ2n) is 9.48. The van der Waals surface area contributed by atoms with E-state index in [1.807, 2.05) is 60.8 Å². The van der Waals surface area contributed by atoms with E-state index in [2.05, 4.69) is 62.5 Å². The van der Waals surface area contributed by atoms with Crippen LogP contribution in [0.25, 0.3) is 11.3 Å². The van der Waals surface area contributed by atoms with E-state index >= 15 is 0 Å². The van der Waals surface area contributed by atoms with Gasteiger partial charge in [0.1, 0.15) is 6.61 Å². The van der Waals surface area contributed by atoms with Gasteiger partial charge in [0.15, 0.2) is 16.6 Å². The summed E-state index contributed by atoms with van der Waals surface area (Å²) in [7, 11) is 0. The number of rotatable bonds is 11. The van der Waals surface area contributed by atoms with E-state index in [4.69, 9.17) is 21.1 Å². The number of nitrogens with one attached hydrogen (secondary N) is 2. The molecule has 0 unspecified atom stereocenters. The highest BCUT2D eigenvalue weighted by Gasteiger charge is 2.13. The SMILES string of the molecule is CCOc1cc(/C=N\NC(=O)c2ccc(-c3csc(Nc4ccc(C)cc4)n3)cc2)cc(Cl)c1OCc1ccc(I)cc1. The molecule has 7 nitrogen and oxygen atoms in total. The first-order valence-corrected chi connectivity index (χ1v) is 15.8. The van der Waals surface area contributed by atoms with Gasteiger partial charge < -0.3 is 14.8 Å². The van der Waals surface area contributed by atoms with Gasteiger partial charge in [0.25, 0.3) is 5.91 Å². The summed E-state index contributed by atoms with van der Waals surface area (Å²) in [5.74, 6) is 0.626. The number of aromatic nitrogens is 1. The molecule has 0 aliphatic rings. The fourth-order valence-electron chi connectivity index (χ4n) is 4.05. The standard InChI is InChI=1S/C33H28ClIN4O3S/c1-3-41-30-17-23(16-28(34)31(30)42-19-22-6-12-26(35)13-7-22)18-36-39-32(40)25-10-8-24(9-11-25)29-20-43-33(38-29)37-27-14-4-21(2)5-15-27/h4-18,20H,3,19H2,1-2H3,(H,37,38)(H,39,40)/b36-18-. The van der Waals surface area contributed by atoms with Crippen LogP contribution in [-0.2, 0) is 6.61 Å². The normalized spacial score (nSPS) is 11.0. The van der Waals surface area contributed by atoms with Gasteiger partial charge in [-0.3, -0.25) is 4.79 Å². The molecule has 1 aromatic heterocycles. The lowest BCUT2D eigenvalue weighted by Gasteiger charge is -2.14.